The van der Waals surface area contributed by atoms with E-state index in [9.17, 15) is 4.79 Å². The highest BCUT2D eigenvalue weighted by Crippen LogP contribution is 2.23. The van der Waals surface area contributed by atoms with Crippen LogP contribution in [-0.2, 0) is 6.42 Å². The Morgan fingerprint density at radius 3 is 2.62 bits per heavy atom. The maximum atomic E-state index is 13.3. The van der Waals surface area contributed by atoms with Gasteiger partial charge in [0, 0.05) is 31.2 Å². The zero-order chi connectivity index (χ0) is 20.2. The Morgan fingerprint density at radius 2 is 1.90 bits per heavy atom. The number of hydrogen-bond acceptors (Lipinski definition) is 4. The van der Waals surface area contributed by atoms with Gasteiger partial charge in [0.15, 0.2) is 0 Å². The van der Waals surface area contributed by atoms with Crippen LogP contribution >= 0.6 is 0 Å². The maximum absolute atomic E-state index is 13.3. The zero-order valence-corrected chi connectivity index (χ0v) is 16.8. The Balaban J connectivity index is 1.53. The number of likely N-dealkylation sites (N-methyl/N-ethyl adjacent to an activating group) is 1. The minimum Gasteiger partial charge on any atom is -0.497 e. The highest BCUT2D eigenvalue weighted by Gasteiger charge is 2.30. The number of H-pyrrole nitrogens is 1. The molecule has 1 aliphatic heterocycles. The number of ether oxygens (including phenoxy) is 1. The van der Waals surface area contributed by atoms with E-state index in [0.29, 0.717) is 12.2 Å². The van der Waals surface area contributed by atoms with Crippen LogP contribution < -0.4 is 4.74 Å². The van der Waals surface area contributed by atoms with E-state index < -0.39 is 0 Å². The summed E-state index contributed by atoms with van der Waals surface area (Å²) in [6.45, 7) is 2.44. The summed E-state index contributed by atoms with van der Waals surface area (Å²) in [7, 11) is 3.75. The predicted octanol–water partition coefficient (Wildman–Crippen LogP) is 3.08. The minimum atomic E-state index is 0.00583. The number of aromatic nitrogens is 2. The first kappa shape index (κ1) is 19.2. The average Bonchev–Trinajstić information content (AvgIpc) is 3.24. The molecule has 0 radical (unpaired) electrons. The van der Waals surface area contributed by atoms with E-state index in [4.69, 9.17) is 4.74 Å². The number of piperazine rings is 1. The summed E-state index contributed by atoms with van der Waals surface area (Å²) in [4.78, 5) is 17.5. The van der Waals surface area contributed by atoms with Gasteiger partial charge in [-0.1, -0.05) is 30.3 Å². The van der Waals surface area contributed by atoms with Crippen molar-refractivity contribution in [2.75, 3.05) is 33.8 Å². The van der Waals surface area contributed by atoms with Gasteiger partial charge in [-0.3, -0.25) is 9.89 Å². The first-order chi connectivity index (χ1) is 14.1. The number of rotatable bonds is 5. The number of benzene rings is 2. The van der Waals surface area contributed by atoms with Gasteiger partial charge in [0.25, 0.3) is 5.91 Å². The van der Waals surface area contributed by atoms with Gasteiger partial charge in [-0.2, -0.15) is 5.10 Å². The van der Waals surface area contributed by atoms with Gasteiger partial charge in [-0.25, -0.2) is 0 Å². The van der Waals surface area contributed by atoms with Crippen LogP contribution in [0.3, 0.4) is 0 Å². The standard InChI is InChI=1S/C23H26N4O2/c1-26-12-13-27(19(16-26)14-17-6-4-3-5-7-17)23(28)22-15-21(24-25-22)18-8-10-20(29-2)11-9-18/h3-11,15,19H,12-14,16H2,1-2H3,(H,24,25). The maximum Gasteiger partial charge on any atom is 0.272 e. The second-order valence-corrected chi connectivity index (χ2v) is 7.50. The molecule has 4 rings (SSSR count). The molecule has 6 heteroatoms. The van der Waals surface area contributed by atoms with E-state index >= 15 is 0 Å². The van der Waals surface area contributed by atoms with Crippen molar-refractivity contribution in [3.05, 3.63) is 71.9 Å². The first-order valence-electron chi connectivity index (χ1n) is 9.87. The topological polar surface area (TPSA) is 61.5 Å². The fourth-order valence-corrected chi connectivity index (χ4v) is 3.83. The number of hydrogen-bond donors (Lipinski definition) is 1. The lowest BCUT2D eigenvalue weighted by Gasteiger charge is -2.40. The third-order valence-electron chi connectivity index (χ3n) is 5.45. The molecule has 0 aliphatic carbocycles. The third kappa shape index (κ3) is 4.32. The second kappa shape index (κ2) is 8.49. The predicted molar refractivity (Wildman–Crippen MR) is 113 cm³/mol. The number of carbonyl (C=O) groups is 1. The molecule has 1 fully saturated rings. The highest BCUT2D eigenvalue weighted by molar-refractivity contribution is 5.93. The van der Waals surface area contributed by atoms with Gasteiger partial charge in [-0.05, 0) is 49.4 Å². The summed E-state index contributed by atoms with van der Waals surface area (Å²) in [6, 6.07) is 20.0. The minimum absolute atomic E-state index is 0.00583. The van der Waals surface area contributed by atoms with Gasteiger partial charge in [0.1, 0.15) is 11.4 Å². The molecule has 29 heavy (non-hydrogen) atoms. The molecule has 1 saturated heterocycles. The summed E-state index contributed by atoms with van der Waals surface area (Å²) in [5.74, 6) is 0.799. The Morgan fingerprint density at radius 1 is 1.14 bits per heavy atom. The summed E-state index contributed by atoms with van der Waals surface area (Å²) in [5.41, 5.74) is 3.47. The Kier molecular flexibility index (Phi) is 5.62. The van der Waals surface area contributed by atoms with Crippen LogP contribution in [0, 0.1) is 0 Å². The molecule has 0 saturated carbocycles. The number of nitrogens with zero attached hydrogens (tertiary/aromatic N) is 3. The van der Waals surface area contributed by atoms with Gasteiger partial charge in [-0.15, -0.1) is 0 Å². The molecular formula is C23H26N4O2. The van der Waals surface area contributed by atoms with Crippen molar-refractivity contribution in [3.63, 3.8) is 0 Å². The second-order valence-electron chi connectivity index (χ2n) is 7.50. The molecule has 150 valence electrons. The number of nitrogens with one attached hydrogen (secondary N) is 1. The fraction of sp³-hybridized carbons (Fsp3) is 0.304. The first-order valence-corrected chi connectivity index (χ1v) is 9.87. The molecule has 1 aromatic heterocycles. The van der Waals surface area contributed by atoms with Crippen molar-refractivity contribution in [3.8, 4) is 17.0 Å². The quantitative estimate of drug-likeness (QED) is 0.727. The lowest BCUT2D eigenvalue weighted by Crippen LogP contribution is -2.55. The zero-order valence-electron chi connectivity index (χ0n) is 16.8. The van der Waals surface area contributed by atoms with Gasteiger partial charge >= 0.3 is 0 Å². The molecule has 0 bridgehead atoms. The number of carbonyl (C=O) groups excluding carboxylic acids is 1. The summed E-state index contributed by atoms with van der Waals surface area (Å²) in [5, 5.41) is 7.30. The number of amides is 1. The number of aromatic amines is 1. The SMILES string of the molecule is COc1ccc(-c2cc(C(=O)N3CCN(C)CC3Cc3ccccc3)[nH]n2)cc1. The van der Waals surface area contributed by atoms with E-state index in [1.165, 1.54) is 5.56 Å². The van der Waals surface area contributed by atoms with Crippen LogP contribution in [0.4, 0.5) is 0 Å². The van der Waals surface area contributed by atoms with Crippen molar-refractivity contribution in [1.29, 1.82) is 0 Å². The summed E-state index contributed by atoms with van der Waals surface area (Å²) < 4.78 is 5.20. The summed E-state index contributed by atoms with van der Waals surface area (Å²) in [6.07, 6.45) is 0.844. The van der Waals surface area contributed by atoms with Crippen LogP contribution in [0.15, 0.2) is 60.7 Å². The molecule has 1 aliphatic rings. The van der Waals surface area contributed by atoms with Crippen molar-refractivity contribution in [1.82, 2.24) is 20.0 Å². The molecule has 0 spiro atoms. The van der Waals surface area contributed by atoms with Crippen LogP contribution in [0.2, 0.25) is 0 Å². The highest BCUT2D eigenvalue weighted by atomic mass is 16.5. The Labute approximate surface area is 171 Å². The van der Waals surface area contributed by atoms with Crippen LogP contribution in [0.1, 0.15) is 16.1 Å². The molecule has 1 atom stereocenters. The van der Waals surface area contributed by atoms with Crippen molar-refractivity contribution in [2.24, 2.45) is 0 Å². The number of methoxy groups -OCH3 is 1. The molecule has 1 N–H and O–H groups in total. The van der Waals surface area contributed by atoms with Crippen molar-refractivity contribution in [2.45, 2.75) is 12.5 Å². The Hall–Kier alpha value is -3.12. The van der Waals surface area contributed by atoms with Crippen LogP contribution in [-0.4, -0.2) is 65.7 Å². The fourth-order valence-electron chi connectivity index (χ4n) is 3.83. The third-order valence-corrected chi connectivity index (χ3v) is 5.45. The smallest absolute Gasteiger partial charge is 0.272 e. The summed E-state index contributed by atoms with van der Waals surface area (Å²) >= 11 is 0. The van der Waals surface area contributed by atoms with Crippen molar-refractivity contribution >= 4 is 5.91 Å². The largest absolute Gasteiger partial charge is 0.497 e. The molecular weight excluding hydrogens is 364 g/mol. The molecule has 2 aromatic carbocycles. The Bertz CT molecular complexity index is 953. The monoisotopic (exact) mass is 390 g/mol. The van der Waals surface area contributed by atoms with E-state index in [0.717, 1.165) is 36.5 Å². The molecule has 1 unspecified atom stereocenters. The molecule has 6 nitrogen and oxygen atoms in total. The van der Waals surface area contributed by atoms with E-state index in [1.54, 1.807) is 7.11 Å². The molecule has 2 heterocycles. The molecule has 3 aromatic rings. The van der Waals surface area contributed by atoms with Crippen LogP contribution in [0.25, 0.3) is 11.3 Å². The van der Waals surface area contributed by atoms with Gasteiger partial charge in [0.05, 0.1) is 12.8 Å². The van der Waals surface area contributed by atoms with Gasteiger partial charge < -0.3 is 14.5 Å². The lowest BCUT2D eigenvalue weighted by atomic mass is 10.0. The van der Waals surface area contributed by atoms with Gasteiger partial charge in [0.2, 0.25) is 0 Å². The normalized spacial score (nSPS) is 17.3. The molecule has 1 amide bonds. The van der Waals surface area contributed by atoms with E-state index in [-0.39, 0.29) is 11.9 Å². The van der Waals surface area contributed by atoms with Crippen molar-refractivity contribution < 1.29 is 9.53 Å². The van der Waals surface area contributed by atoms with E-state index in [1.807, 2.05) is 53.4 Å². The lowest BCUT2D eigenvalue weighted by molar-refractivity contribution is 0.0495. The average molecular weight is 390 g/mol. The van der Waals surface area contributed by atoms with E-state index in [2.05, 4.69) is 34.3 Å². The van der Waals surface area contributed by atoms with Crippen LogP contribution in [0.5, 0.6) is 5.75 Å².